The van der Waals surface area contributed by atoms with Crippen LogP contribution < -0.4 is 0 Å². The average Bonchev–Trinajstić information content (AvgIpc) is 2.45. The fraction of sp³-hybridized carbons (Fsp3) is 0.250. The first-order chi connectivity index (χ1) is 10.2. The molecule has 0 atom stereocenters. The van der Waals surface area contributed by atoms with Gasteiger partial charge in [-0.15, -0.1) is 0 Å². The van der Waals surface area contributed by atoms with Crippen LogP contribution in [0.25, 0.3) is 11.1 Å². The second-order valence-corrected chi connectivity index (χ2v) is 6.04. The first-order valence-corrected chi connectivity index (χ1v) is 6.74. The lowest BCUT2D eigenvalue weighted by molar-refractivity contribution is -0.393. The highest BCUT2D eigenvalue weighted by molar-refractivity contribution is 5.75. The number of nitrogens with zero attached hydrogens (tertiary/aromatic N) is 2. The molecular formula is C16H16N2O4. The average molecular weight is 300 g/mol. The number of hydrogen-bond acceptors (Lipinski definition) is 4. The molecule has 0 aliphatic rings. The molecule has 0 N–H and O–H groups in total. The van der Waals surface area contributed by atoms with Crippen LogP contribution in [0.4, 0.5) is 11.4 Å². The molecule has 0 saturated heterocycles. The van der Waals surface area contributed by atoms with E-state index in [1.807, 2.05) is 12.1 Å². The Morgan fingerprint density at radius 2 is 1.45 bits per heavy atom. The molecule has 0 aliphatic carbocycles. The van der Waals surface area contributed by atoms with Gasteiger partial charge in [-0.25, -0.2) is 0 Å². The van der Waals surface area contributed by atoms with E-state index in [0.29, 0.717) is 11.1 Å². The van der Waals surface area contributed by atoms with Crippen molar-refractivity contribution in [3.05, 3.63) is 68.3 Å². The summed E-state index contributed by atoms with van der Waals surface area (Å²) in [5, 5.41) is 21.9. The van der Waals surface area contributed by atoms with Crippen molar-refractivity contribution in [2.75, 3.05) is 0 Å². The van der Waals surface area contributed by atoms with Gasteiger partial charge < -0.3 is 0 Å². The maximum Gasteiger partial charge on any atom is 0.284 e. The number of benzene rings is 2. The molecule has 0 bridgehead atoms. The van der Waals surface area contributed by atoms with Crippen molar-refractivity contribution in [2.24, 2.45) is 0 Å². The van der Waals surface area contributed by atoms with E-state index in [4.69, 9.17) is 0 Å². The second kappa shape index (κ2) is 5.55. The zero-order chi connectivity index (χ0) is 16.5. The van der Waals surface area contributed by atoms with Gasteiger partial charge in [0, 0.05) is 6.07 Å². The number of nitro benzene ring substituents is 2. The zero-order valence-electron chi connectivity index (χ0n) is 12.6. The molecule has 0 amide bonds. The highest BCUT2D eigenvalue weighted by Gasteiger charge is 2.21. The normalized spacial score (nSPS) is 11.2. The Balaban J connectivity index is 2.52. The van der Waals surface area contributed by atoms with Crippen LogP contribution in [0, 0.1) is 20.2 Å². The molecule has 2 aromatic carbocycles. The highest BCUT2D eigenvalue weighted by atomic mass is 16.6. The summed E-state index contributed by atoms with van der Waals surface area (Å²) < 4.78 is 0. The van der Waals surface area contributed by atoms with E-state index in [2.05, 4.69) is 20.8 Å². The molecule has 0 radical (unpaired) electrons. The first kappa shape index (κ1) is 15.6. The van der Waals surface area contributed by atoms with Gasteiger partial charge in [0.05, 0.1) is 21.5 Å². The second-order valence-electron chi connectivity index (χ2n) is 6.04. The number of hydrogen-bond donors (Lipinski definition) is 0. The Kier molecular flexibility index (Phi) is 3.95. The summed E-state index contributed by atoms with van der Waals surface area (Å²) >= 11 is 0. The molecule has 0 saturated carbocycles. The predicted octanol–water partition coefficient (Wildman–Crippen LogP) is 4.47. The van der Waals surface area contributed by atoms with Crippen LogP contribution in [0.5, 0.6) is 0 Å². The molecule has 0 aliphatic heterocycles. The van der Waals surface area contributed by atoms with Crippen LogP contribution in [0.2, 0.25) is 0 Å². The molecule has 2 aromatic rings. The molecule has 6 nitrogen and oxygen atoms in total. The van der Waals surface area contributed by atoms with Crippen molar-refractivity contribution in [1.29, 1.82) is 0 Å². The molecule has 0 spiro atoms. The predicted molar refractivity (Wildman–Crippen MR) is 83.9 cm³/mol. The van der Waals surface area contributed by atoms with Crippen LogP contribution in [0.15, 0.2) is 42.5 Å². The maximum atomic E-state index is 11.2. The Morgan fingerprint density at radius 1 is 0.864 bits per heavy atom. The molecule has 0 aromatic heterocycles. The van der Waals surface area contributed by atoms with Crippen molar-refractivity contribution in [1.82, 2.24) is 0 Å². The largest absolute Gasteiger partial charge is 0.284 e. The van der Waals surface area contributed by atoms with Crippen LogP contribution in [0.3, 0.4) is 0 Å². The van der Waals surface area contributed by atoms with Gasteiger partial charge in [0.15, 0.2) is 0 Å². The summed E-state index contributed by atoms with van der Waals surface area (Å²) in [5.74, 6) is 0. The summed E-state index contributed by atoms with van der Waals surface area (Å²) in [6.45, 7) is 6.24. The Bertz CT molecular complexity index is 731. The summed E-state index contributed by atoms with van der Waals surface area (Å²) in [6.07, 6.45) is 0. The third kappa shape index (κ3) is 3.11. The molecular weight excluding hydrogens is 284 g/mol. The molecule has 0 fully saturated rings. The quantitative estimate of drug-likeness (QED) is 0.618. The van der Waals surface area contributed by atoms with Crippen LogP contribution >= 0.6 is 0 Å². The van der Waals surface area contributed by atoms with Gasteiger partial charge in [0.25, 0.3) is 11.4 Å². The van der Waals surface area contributed by atoms with Gasteiger partial charge in [-0.1, -0.05) is 45.0 Å². The third-order valence-electron chi connectivity index (χ3n) is 3.45. The minimum absolute atomic E-state index is 0.0140. The van der Waals surface area contributed by atoms with Gasteiger partial charge >= 0.3 is 0 Å². The van der Waals surface area contributed by atoms with Gasteiger partial charge in [-0.05, 0) is 22.6 Å². The monoisotopic (exact) mass is 300 g/mol. The van der Waals surface area contributed by atoms with Crippen LogP contribution in [0.1, 0.15) is 26.3 Å². The summed E-state index contributed by atoms with van der Waals surface area (Å²) in [6, 6.07) is 11.1. The van der Waals surface area contributed by atoms with Gasteiger partial charge in [-0.3, -0.25) is 20.2 Å². The lowest BCUT2D eigenvalue weighted by Gasteiger charge is -2.19. The SMILES string of the molecule is CC(C)(C)c1ccc(-c2ccc([N+](=O)[O-])cc2[N+](=O)[O-])cc1. The molecule has 2 rings (SSSR count). The number of nitro groups is 2. The highest BCUT2D eigenvalue weighted by Crippen LogP contribution is 2.34. The standard InChI is InChI=1S/C16H16N2O4/c1-16(2,3)12-6-4-11(5-7-12)14-9-8-13(17(19)20)10-15(14)18(21)22/h4-10H,1-3H3. The van der Waals surface area contributed by atoms with Gasteiger partial charge in [0.1, 0.15) is 0 Å². The van der Waals surface area contributed by atoms with E-state index in [1.54, 1.807) is 12.1 Å². The molecule has 6 heteroatoms. The summed E-state index contributed by atoms with van der Waals surface area (Å²) in [5.41, 5.74) is 1.57. The molecule has 0 heterocycles. The minimum Gasteiger partial charge on any atom is -0.258 e. The van der Waals surface area contributed by atoms with E-state index in [9.17, 15) is 20.2 Å². The fourth-order valence-electron chi connectivity index (χ4n) is 2.18. The zero-order valence-corrected chi connectivity index (χ0v) is 12.6. The molecule has 114 valence electrons. The summed E-state index contributed by atoms with van der Waals surface area (Å²) in [4.78, 5) is 20.7. The lowest BCUT2D eigenvalue weighted by atomic mass is 9.86. The van der Waals surface area contributed by atoms with Gasteiger partial charge in [-0.2, -0.15) is 0 Å². The lowest BCUT2D eigenvalue weighted by Crippen LogP contribution is -2.10. The third-order valence-corrected chi connectivity index (χ3v) is 3.45. The number of rotatable bonds is 3. The first-order valence-electron chi connectivity index (χ1n) is 6.74. The Labute approximate surface area is 127 Å². The Hall–Kier alpha value is -2.76. The topological polar surface area (TPSA) is 86.3 Å². The summed E-state index contributed by atoms with van der Waals surface area (Å²) in [7, 11) is 0. The van der Waals surface area contributed by atoms with E-state index >= 15 is 0 Å². The van der Waals surface area contributed by atoms with Crippen molar-refractivity contribution in [3.63, 3.8) is 0 Å². The van der Waals surface area contributed by atoms with E-state index in [1.165, 1.54) is 12.1 Å². The Morgan fingerprint density at radius 3 is 1.91 bits per heavy atom. The molecule has 22 heavy (non-hydrogen) atoms. The van der Waals surface area contributed by atoms with Crippen molar-refractivity contribution >= 4 is 11.4 Å². The van der Waals surface area contributed by atoms with E-state index in [0.717, 1.165) is 11.6 Å². The van der Waals surface area contributed by atoms with E-state index < -0.39 is 9.85 Å². The minimum atomic E-state index is -0.639. The van der Waals surface area contributed by atoms with Gasteiger partial charge in [0.2, 0.25) is 0 Å². The fourth-order valence-corrected chi connectivity index (χ4v) is 2.18. The number of non-ortho nitro benzene ring substituents is 1. The molecule has 0 unspecified atom stereocenters. The van der Waals surface area contributed by atoms with Crippen molar-refractivity contribution in [3.8, 4) is 11.1 Å². The van der Waals surface area contributed by atoms with Crippen LogP contribution in [-0.4, -0.2) is 9.85 Å². The maximum absolute atomic E-state index is 11.2. The van der Waals surface area contributed by atoms with Crippen molar-refractivity contribution in [2.45, 2.75) is 26.2 Å². The van der Waals surface area contributed by atoms with Crippen LogP contribution in [-0.2, 0) is 5.41 Å². The van der Waals surface area contributed by atoms with E-state index in [-0.39, 0.29) is 16.8 Å². The van der Waals surface area contributed by atoms with Crippen molar-refractivity contribution < 1.29 is 9.85 Å². The smallest absolute Gasteiger partial charge is 0.258 e.